The van der Waals surface area contributed by atoms with E-state index in [1.54, 1.807) is 0 Å². The molecule has 0 aliphatic heterocycles. The van der Waals surface area contributed by atoms with Crippen molar-refractivity contribution in [2.45, 2.75) is 0 Å². The molecule has 0 saturated heterocycles. The molecule has 0 fully saturated rings. The van der Waals surface area contributed by atoms with Crippen molar-refractivity contribution in [3.63, 3.8) is 0 Å². The molecule has 1 aromatic heterocycles. The Bertz CT molecular complexity index is 2570. The molecule has 47 heavy (non-hydrogen) atoms. The lowest BCUT2D eigenvalue weighted by molar-refractivity contribution is 0.673. The Hall–Kier alpha value is -5.83. The molecule has 0 N–H and O–H groups in total. The Morgan fingerprint density at radius 3 is 1.72 bits per heavy atom. The maximum atomic E-state index is 6.82. The first kappa shape index (κ1) is 27.5. The third kappa shape index (κ3) is 4.65. The molecule has 0 radical (unpaired) electrons. The van der Waals surface area contributed by atoms with Crippen LogP contribution in [0.1, 0.15) is 0 Å². The highest BCUT2D eigenvalue weighted by Gasteiger charge is 2.21. The number of rotatable bonds is 5. The summed E-state index contributed by atoms with van der Waals surface area (Å²) in [6.45, 7) is 0. The van der Waals surface area contributed by atoms with Crippen LogP contribution in [0.25, 0.3) is 65.7 Å². The van der Waals surface area contributed by atoms with Crippen LogP contribution in [0.4, 0.5) is 17.1 Å². The third-order valence-corrected chi connectivity index (χ3v) is 9.33. The van der Waals surface area contributed by atoms with Crippen LogP contribution in [0.5, 0.6) is 0 Å². The van der Waals surface area contributed by atoms with Crippen molar-refractivity contribution in [2.75, 3.05) is 4.90 Å². The summed E-state index contributed by atoms with van der Waals surface area (Å²) in [5.74, 6) is 0. The molecule has 0 spiro atoms. The maximum Gasteiger partial charge on any atom is 0.143 e. The second-order valence-electron chi connectivity index (χ2n) is 11.9. The molecular weight excluding hydrogens is 594 g/mol. The smallest absolute Gasteiger partial charge is 0.143 e. The van der Waals surface area contributed by atoms with Gasteiger partial charge >= 0.3 is 0 Å². The topological polar surface area (TPSA) is 16.4 Å². The zero-order chi connectivity index (χ0) is 31.3. The summed E-state index contributed by atoms with van der Waals surface area (Å²) in [5, 5.41) is 7.43. The largest absolute Gasteiger partial charge is 0.455 e. The average molecular weight is 622 g/mol. The van der Waals surface area contributed by atoms with Crippen LogP contribution in [0.15, 0.2) is 174 Å². The standard InChI is InChI=1S/C44H28ClNO/c45-32-27-41(43-40-24-21-30-13-7-8-16-37(30)44(40)47-42(43)28-32)46(33-14-5-2-6-15-33)34-22-19-31(20-23-34)36-26-25-35(29-11-3-1-4-12-29)38-17-9-10-18-39(36)38/h1-28H. The number of para-hydroxylation sites is 1. The predicted octanol–water partition coefficient (Wildman–Crippen LogP) is 13.3. The van der Waals surface area contributed by atoms with Crippen molar-refractivity contribution in [3.8, 4) is 22.3 Å². The Balaban J connectivity index is 1.22. The van der Waals surface area contributed by atoms with Crippen LogP contribution in [-0.2, 0) is 0 Å². The van der Waals surface area contributed by atoms with Crippen molar-refractivity contribution >= 4 is 72.1 Å². The van der Waals surface area contributed by atoms with E-state index in [1.807, 2.05) is 18.2 Å². The monoisotopic (exact) mass is 621 g/mol. The summed E-state index contributed by atoms with van der Waals surface area (Å²) < 4.78 is 6.56. The van der Waals surface area contributed by atoms with E-state index in [1.165, 1.54) is 27.5 Å². The third-order valence-electron chi connectivity index (χ3n) is 9.11. The minimum absolute atomic E-state index is 0.624. The summed E-state index contributed by atoms with van der Waals surface area (Å²) in [4.78, 5) is 2.28. The van der Waals surface area contributed by atoms with Crippen LogP contribution in [0.3, 0.4) is 0 Å². The summed E-state index contributed by atoms with van der Waals surface area (Å²) in [5.41, 5.74) is 9.50. The molecule has 0 amide bonds. The highest BCUT2D eigenvalue weighted by Crippen LogP contribution is 2.46. The van der Waals surface area contributed by atoms with Gasteiger partial charge in [-0.1, -0.05) is 139 Å². The molecule has 0 aliphatic rings. The van der Waals surface area contributed by atoms with E-state index in [-0.39, 0.29) is 0 Å². The highest BCUT2D eigenvalue weighted by molar-refractivity contribution is 6.33. The molecule has 0 unspecified atom stereocenters. The van der Waals surface area contributed by atoms with Gasteiger partial charge in [-0.15, -0.1) is 0 Å². The molecule has 222 valence electrons. The van der Waals surface area contributed by atoms with Crippen molar-refractivity contribution in [1.29, 1.82) is 0 Å². The normalized spacial score (nSPS) is 11.5. The van der Waals surface area contributed by atoms with Gasteiger partial charge in [-0.2, -0.15) is 0 Å². The molecule has 3 heteroatoms. The van der Waals surface area contributed by atoms with Gasteiger partial charge in [0.2, 0.25) is 0 Å². The molecule has 0 aliphatic carbocycles. The number of hydrogen-bond acceptors (Lipinski definition) is 2. The van der Waals surface area contributed by atoms with E-state index in [9.17, 15) is 0 Å². The Morgan fingerprint density at radius 1 is 0.447 bits per heavy atom. The van der Waals surface area contributed by atoms with E-state index in [0.29, 0.717) is 5.02 Å². The summed E-state index contributed by atoms with van der Waals surface area (Å²) in [6, 6.07) is 59.7. The number of anilines is 3. The van der Waals surface area contributed by atoms with Gasteiger partial charge < -0.3 is 9.32 Å². The molecule has 9 aromatic rings. The minimum Gasteiger partial charge on any atom is -0.455 e. The lowest BCUT2D eigenvalue weighted by atomic mass is 9.92. The van der Waals surface area contributed by atoms with Crippen molar-refractivity contribution in [2.24, 2.45) is 0 Å². The van der Waals surface area contributed by atoms with Crippen molar-refractivity contribution in [1.82, 2.24) is 0 Å². The second-order valence-corrected chi connectivity index (χ2v) is 12.3. The molecule has 9 rings (SSSR count). The SMILES string of the molecule is Clc1cc(N(c2ccccc2)c2ccc(-c3ccc(-c4ccccc4)c4ccccc34)cc2)c2c(c1)oc1c3ccccc3ccc12. The first-order chi connectivity index (χ1) is 23.2. The lowest BCUT2D eigenvalue weighted by Crippen LogP contribution is -2.10. The fraction of sp³-hybridized carbons (Fsp3) is 0. The highest BCUT2D eigenvalue weighted by atomic mass is 35.5. The fourth-order valence-corrected chi connectivity index (χ4v) is 7.17. The average Bonchev–Trinajstić information content (AvgIpc) is 3.51. The van der Waals surface area contributed by atoms with Crippen LogP contribution in [0, 0.1) is 0 Å². The Morgan fingerprint density at radius 2 is 1.02 bits per heavy atom. The maximum absolute atomic E-state index is 6.82. The first-order valence-corrected chi connectivity index (χ1v) is 16.2. The molecule has 1 heterocycles. The van der Waals surface area contributed by atoms with Gasteiger partial charge in [-0.25, -0.2) is 0 Å². The van der Waals surface area contributed by atoms with E-state index >= 15 is 0 Å². The first-order valence-electron chi connectivity index (χ1n) is 15.8. The van der Waals surface area contributed by atoms with E-state index in [0.717, 1.165) is 55.3 Å². The Labute approximate surface area is 277 Å². The quantitative estimate of drug-likeness (QED) is 0.190. The van der Waals surface area contributed by atoms with Gasteiger partial charge in [0.25, 0.3) is 0 Å². The minimum atomic E-state index is 0.624. The van der Waals surface area contributed by atoms with Gasteiger partial charge in [0, 0.05) is 33.2 Å². The van der Waals surface area contributed by atoms with Crippen LogP contribution in [0.2, 0.25) is 5.02 Å². The zero-order valence-electron chi connectivity index (χ0n) is 25.4. The van der Waals surface area contributed by atoms with E-state index < -0.39 is 0 Å². The van der Waals surface area contributed by atoms with Crippen LogP contribution < -0.4 is 4.90 Å². The Kier molecular flexibility index (Phi) is 6.55. The van der Waals surface area contributed by atoms with Crippen LogP contribution >= 0.6 is 11.6 Å². The molecule has 0 saturated carbocycles. The summed E-state index contributed by atoms with van der Waals surface area (Å²) in [7, 11) is 0. The molecule has 0 bridgehead atoms. The second kappa shape index (κ2) is 11.2. The number of hydrogen-bond donors (Lipinski definition) is 0. The fourth-order valence-electron chi connectivity index (χ4n) is 6.97. The number of halogens is 1. The number of benzene rings is 8. The van der Waals surface area contributed by atoms with Crippen LogP contribution in [-0.4, -0.2) is 0 Å². The predicted molar refractivity (Wildman–Crippen MR) is 199 cm³/mol. The van der Waals surface area contributed by atoms with E-state index in [4.69, 9.17) is 16.0 Å². The van der Waals surface area contributed by atoms with Crippen molar-refractivity contribution in [3.05, 3.63) is 175 Å². The lowest BCUT2D eigenvalue weighted by Gasteiger charge is -2.26. The molecule has 8 aromatic carbocycles. The van der Waals surface area contributed by atoms with Gasteiger partial charge in [0.05, 0.1) is 11.1 Å². The number of furan rings is 1. The number of fused-ring (bicyclic) bond motifs is 6. The summed E-state index contributed by atoms with van der Waals surface area (Å²) in [6.07, 6.45) is 0. The summed E-state index contributed by atoms with van der Waals surface area (Å²) >= 11 is 6.82. The molecule has 2 nitrogen and oxygen atoms in total. The van der Waals surface area contributed by atoms with Crippen molar-refractivity contribution < 1.29 is 4.42 Å². The van der Waals surface area contributed by atoms with Gasteiger partial charge in [-0.3, -0.25) is 0 Å². The number of nitrogens with zero attached hydrogens (tertiary/aromatic N) is 1. The zero-order valence-corrected chi connectivity index (χ0v) is 26.2. The van der Waals surface area contributed by atoms with E-state index in [2.05, 4.69) is 157 Å². The van der Waals surface area contributed by atoms with Gasteiger partial charge in [0.15, 0.2) is 0 Å². The van der Waals surface area contributed by atoms with Gasteiger partial charge in [0.1, 0.15) is 11.2 Å². The molecular formula is C44H28ClNO. The van der Waals surface area contributed by atoms with Gasteiger partial charge in [-0.05, 0) is 74.8 Å². The molecule has 0 atom stereocenters.